The predicted octanol–water partition coefficient (Wildman–Crippen LogP) is 1.29. The van der Waals surface area contributed by atoms with Crippen molar-refractivity contribution in [3.05, 3.63) is 66.7 Å². The van der Waals surface area contributed by atoms with E-state index in [1.54, 1.807) is 24.3 Å². The molecule has 9 heteroatoms. The molecule has 2 aromatic carbocycles. The molecule has 0 saturated carbocycles. The summed E-state index contributed by atoms with van der Waals surface area (Å²) in [4.78, 5) is 22.9. The van der Waals surface area contributed by atoms with Crippen molar-refractivity contribution in [2.45, 2.75) is 4.90 Å². The second kappa shape index (κ2) is 9.05. The van der Waals surface area contributed by atoms with E-state index in [4.69, 9.17) is 10.5 Å². The number of hydrogen-bond acceptors (Lipinski definition) is 5. The number of primary amides is 1. The van der Waals surface area contributed by atoms with Crippen LogP contribution in [0, 0.1) is 0 Å². The Labute approximate surface area is 163 Å². The molecular weight excluding hydrogens is 382 g/mol. The topological polar surface area (TPSA) is 119 Å². The van der Waals surface area contributed by atoms with Gasteiger partial charge in [0.05, 0.1) is 30.8 Å². The number of rotatable bonds is 9. The lowest BCUT2D eigenvalue weighted by molar-refractivity contribution is -0.117. The molecule has 0 aliphatic rings. The summed E-state index contributed by atoms with van der Waals surface area (Å²) in [6.45, 7) is 3.27. The van der Waals surface area contributed by atoms with Crippen molar-refractivity contribution >= 4 is 27.5 Å². The van der Waals surface area contributed by atoms with Crippen LogP contribution in [0.5, 0.6) is 5.75 Å². The maximum absolute atomic E-state index is 13.2. The van der Waals surface area contributed by atoms with Crippen LogP contribution in [-0.4, -0.2) is 40.4 Å². The molecule has 0 aliphatic heterocycles. The quantitative estimate of drug-likeness (QED) is 0.612. The Morgan fingerprint density at radius 1 is 1.21 bits per heavy atom. The highest BCUT2D eigenvalue weighted by Crippen LogP contribution is 2.32. The average Bonchev–Trinajstić information content (AvgIpc) is 2.70. The fraction of sp³-hybridized carbons (Fsp3) is 0.158. The SMILES string of the molecule is C=CCN(c1ccccc1OC)S(=O)(=O)c1cccc(C(=O)NCC(N)=O)c1. The fourth-order valence-electron chi connectivity index (χ4n) is 2.47. The maximum atomic E-state index is 13.2. The van der Waals surface area contributed by atoms with Gasteiger partial charge in [0.2, 0.25) is 5.91 Å². The smallest absolute Gasteiger partial charge is 0.264 e. The normalized spacial score (nSPS) is 10.8. The maximum Gasteiger partial charge on any atom is 0.264 e. The summed E-state index contributed by atoms with van der Waals surface area (Å²) >= 11 is 0. The number of ether oxygens (including phenoxy) is 1. The highest BCUT2D eigenvalue weighted by Gasteiger charge is 2.27. The first-order valence-electron chi connectivity index (χ1n) is 8.24. The van der Waals surface area contributed by atoms with Crippen LogP contribution >= 0.6 is 0 Å². The van der Waals surface area contributed by atoms with E-state index in [-0.39, 0.29) is 23.5 Å². The lowest BCUT2D eigenvalue weighted by Gasteiger charge is -2.25. The van der Waals surface area contributed by atoms with Crippen LogP contribution in [0.15, 0.2) is 66.1 Å². The summed E-state index contributed by atoms with van der Waals surface area (Å²) in [6, 6.07) is 12.2. The van der Waals surface area contributed by atoms with E-state index in [1.165, 1.54) is 37.5 Å². The molecule has 148 valence electrons. The Morgan fingerprint density at radius 2 is 1.93 bits per heavy atom. The Morgan fingerprint density at radius 3 is 2.57 bits per heavy atom. The summed E-state index contributed by atoms with van der Waals surface area (Å²) in [5, 5.41) is 2.32. The zero-order valence-corrected chi connectivity index (χ0v) is 16.1. The summed E-state index contributed by atoms with van der Waals surface area (Å²) in [5.41, 5.74) is 5.43. The van der Waals surface area contributed by atoms with Crippen LogP contribution < -0.4 is 20.1 Å². The third-order valence-electron chi connectivity index (χ3n) is 3.76. The number of para-hydroxylation sites is 2. The zero-order valence-electron chi connectivity index (χ0n) is 15.3. The van der Waals surface area contributed by atoms with Crippen molar-refractivity contribution in [2.75, 3.05) is 24.5 Å². The molecule has 0 atom stereocenters. The number of nitrogens with one attached hydrogen (secondary N) is 1. The average molecular weight is 403 g/mol. The molecule has 0 unspecified atom stereocenters. The molecule has 0 fully saturated rings. The van der Waals surface area contributed by atoms with Crippen LogP contribution in [0.3, 0.4) is 0 Å². The van der Waals surface area contributed by atoms with Crippen molar-refractivity contribution in [3.8, 4) is 5.75 Å². The first-order chi connectivity index (χ1) is 13.3. The second-order valence-corrected chi connectivity index (χ2v) is 7.54. The van der Waals surface area contributed by atoms with Gasteiger partial charge in [0, 0.05) is 5.56 Å². The molecular formula is C19H21N3O5S. The van der Waals surface area contributed by atoms with Gasteiger partial charge in [0.15, 0.2) is 0 Å². The monoisotopic (exact) mass is 403 g/mol. The minimum absolute atomic E-state index is 0.000800. The molecule has 0 aliphatic carbocycles. The molecule has 0 saturated heterocycles. The van der Waals surface area contributed by atoms with Gasteiger partial charge in [-0.1, -0.05) is 24.3 Å². The second-order valence-electron chi connectivity index (χ2n) is 5.67. The van der Waals surface area contributed by atoms with Crippen molar-refractivity contribution in [1.82, 2.24) is 5.32 Å². The summed E-state index contributed by atoms with van der Waals surface area (Å²) in [6.07, 6.45) is 1.45. The van der Waals surface area contributed by atoms with E-state index in [0.29, 0.717) is 11.4 Å². The third kappa shape index (κ3) is 4.68. The van der Waals surface area contributed by atoms with E-state index in [1.807, 2.05) is 0 Å². The minimum atomic E-state index is -4.03. The lowest BCUT2D eigenvalue weighted by atomic mass is 10.2. The van der Waals surface area contributed by atoms with Gasteiger partial charge in [-0.2, -0.15) is 0 Å². The van der Waals surface area contributed by atoms with Gasteiger partial charge in [0.25, 0.3) is 15.9 Å². The number of benzene rings is 2. The molecule has 2 amide bonds. The minimum Gasteiger partial charge on any atom is -0.495 e. The Bertz CT molecular complexity index is 989. The molecule has 0 bridgehead atoms. The van der Waals surface area contributed by atoms with Gasteiger partial charge >= 0.3 is 0 Å². The Kier molecular flexibility index (Phi) is 6.78. The molecule has 8 nitrogen and oxygen atoms in total. The van der Waals surface area contributed by atoms with Crippen molar-refractivity contribution in [1.29, 1.82) is 0 Å². The van der Waals surface area contributed by atoms with Gasteiger partial charge in [-0.25, -0.2) is 8.42 Å². The number of sulfonamides is 1. The lowest BCUT2D eigenvalue weighted by Crippen LogP contribution is -2.34. The van der Waals surface area contributed by atoms with Crippen molar-refractivity contribution < 1.29 is 22.7 Å². The van der Waals surface area contributed by atoms with Gasteiger partial charge in [0.1, 0.15) is 5.75 Å². The standard InChI is InChI=1S/C19H21N3O5S/c1-3-11-22(16-9-4-5-10-17(16)27-2)28(25,26)15-8-6-7-14(12-15)19(24)21-13-18(20)23/h3-10,12H,1,11,13H2,2H3,(H2,20,23)(H,21,24). The molecule has 28 heavy (non-hydrogen) atoms. The summed E-state index contributed by atoms with van der Waals surface area (Å²) in [5.74, 6) is -0.933. The highest BCUT2D eigenvalue weighted by atomic mass is 32.2. The van der Waals surface area contributed by atoms with E-state index in [2.05, 4.69) is 11.9 Å². The molecule has 3 N–H and O–H groups in total. The van der Waals surface area contributed by atoms with Gasteiger partial charge < -0.3 is 15.8 Å². The first-order valence-corrected chi connectivity index (χ1v) is 9.68. The number of nitrogens with two attached hydrogens (primary N) is 1. The van der Waals surface area contributed by atoms with Crippen LogP contribution in [0.1, 0.15) is 10.4 Å². The molecule has 0 spiro atoms. The van der Waals surface area contributed by atoms with Gasteiger partial charge in [-0.05, 0) is 30.3 Å². The van der Waals surface area contributed by atoms with Crippen LogP contribution in [0.25, 0.3) is 0 Å². The van der Waals surface area contributed by atoms with E-state index >= 15 is 0 Å². The van der Waals surface area contributed by atoms with E-state index in [0.717, 1.165) is 4.31 Å². The summed E-state index contributed by atoms with van der Waals surface area (Å²) < 4.78 is 32.9. The van der Waals surface area contributed by atoms with E-state index < -0.39 is 21.8 Å². The number of hydrogen-bond donors (Lipinski definition) is 2. The Balaban J connectivity index is 2.46. The zero-order chi connectivity index (χ0) is 20.7. The van der Waals surface area contributed by atoms with Crippen LogP contribution in [-0.2, 0) is 14.8 Å². The number of methoxy groups -OCH3 is 1. The van der Waals surface area contributed by atoms with E-state index in [9.17, 15) is 18.0 Å². The van der Waals surface area contributed by atoms with Crippen LogP contribution in [0.2, 0.25) is 0 Å². The predicted molar refractivity (Wildman–Crippen MR) is 106 cm³/mol. The largest absolute Gasteiger partial charge is 0.495 e. The molecule has 2 rings (SSSR count). The van der Waals surface area contributed by atoms with Crippen molar-refractivity contribution in [3.63, 3.8) is 0 Å². The number of carbonyl (C=O) groups is 2. The number of carbonyl (C=O) groups excluding carboxylic acids is 2. The molecule has 0 aromatic heterocycles. The summed E-state index contributed by atoms with van der Waals surface area (Å²) in [7, 11) is -2.58. The van der Waals surface area contributed by atoms with Crippen LogP contribution in [0.4, 0.5) is 5.69 Å². The molecule has 0 heterocycles. The fourth-order valence-corrected chi connectivity index (χ4v) is 3.97. The van der Waals surface area contributed by atoms with Crippen molar-refractivity contribution in [2.24, 2.45) is 5.73 Å². The number of anilines is 1. The highest BCUT2D eigenvalue weighted by molar-refractivity contribution is 7.92. The third-order valence-corrected chi connectivity index (χ3v) is 5.53. The Hall–Kier alpha value is -3.33. The van der Waals surface area contributed by atoms with Gasteiger partial charge in [-0.3, -0.25) is 13.9 Å². The number of amides is 2. The first kappa shape index (κ1) is 21.0. The van der Waals surface area contributed by atoms with Gasteiger partial charge in [-0.15, -0.1) is 6.58 Å². The number of nitrogens with zero attached hydrogens (tertiary/aromatic N) is 1. The molecule has 2 aromatic rings. The molecule has 0 radical (unpaired) electrons.